The number of halogens is 1. The number of nitrogens with zero attached hydrogens (tertiary/aromatic N) is 2. The second kappa shape index (κ2) is 6.86. The van der Waals surface area contributed by atoms with Gasteiger partial charge >= 0.3 is 0 Å². The molecular weight excluding hydrogens is 335 g/mol. The first kappa shape index (κ1) is 16.7. The molecule has 0 radical (unpaired) electrons. The van der Waals surface area contributed by atoms with Gasteiger partial charge in [0.05, 0.1) is 17.7 Å². The zero-order valence-electron chi connectivity index (χ0n) is 14.0. The van der Waals surface area contributed by atoms with Crippen LogP contribution in [-0.4, -0.2) is 39.3 Å². The van der Waals surface area contributed by atoms with Crippen LogP contribution in [-0.2, 0) is 6.61 Å². The van der Waals surface area contributed by atoms with Gasteiger partial charge in [-0.3, -0.25) is 0 Å². The van der Waals surface area contributed by atoms with E-state index in [1.54, 1.807) is 6.07 Å². The van der Waals surface area contributed by atoms with Crippen molar-refractivity contribution >= 4 is 16.7 Å². The first-order chi connectivity index (χ1) is 12.6. The molecule has 1 atom stereocenters. The lowest BCUT2D eigenvalue weighted by atomic mass is 10.1. The van der Waals surface area contributed by atoms with E-state index in [1.165, 1.54) is 18.2 Å². The largest absolute Gasteiger partial charge is 0.507 e. The molecule has 1 saturated heterocycles. The number of hydrogen-bond donors (Lipinski definition) is 4. The Morgan fingerprint density at radius 3 is 2.85 bits per heavy atom. The van der Waals surface area contributed by atoms with Crippen LogP contribution >= 0.6 is 0 Å². The van der Waals surface area contributed by atoms with Crippen LogP contribution in [0, 0.1) is 5.82 Å². The van der Waals surface area contributed by atoms with Crippen molar-refractivity contribution in [3.63, 3.8) is 0 Å². The van der Waals surface area contributed by atoms with Gasteiger partial charge in [-0.25, -0.2) is 14.4 Å². The second-order valence-electron chi connectivity index (χ2n) is 6.40. The van der Waals surface area contributed by atoms with Gasteiger partial charge in [-0.1, -0.05) is 6.07 Å². The Morgan fingerprint density at radius 2 is 2.08 bits per heavy atom. The highest BCUT2D eigenvalue weighted by Crippen LogP contribution is 2.31. The third-order valence-corrected chi connectivity index (χ3v) is 4.54. The predicted molar refractivity (Wildman–Crippen MR) is 97.4 cm³/mol. The third-order valence-electron chi connectivity index (χ3n) is 4.54. The highest BCUT2D eigenvalue weighted by atomic mass is 19.1. The number of anilines is 1. The van der Waals surface area contributed by atoms with E-state index in [0.29, 0.717) is 11.3 Å². The molecule has 0 spiro atoms. The number of aromatic hydroxyl groups is 1. The van der Waals surface area contributed by atoms with Crippen molar-refractivity contribution in [2.75, 3.05) is 18.4 Å². The lowest BCUT2D eigenvalue weighted by Gasteiger charge is -2.16. The van der Waals surface area contributed by atoms with E-state index < -0.39 is 5.82 Å². The van der Waals surface area contributed by atoms with Crippen molar-refractivity contribution in [1.29, 1.82) is 0 Å². The van der Waals surface area contributed by atoms with E-state index >= 15 is 0 Å². The minimum Gasteiger partial charge on any atom is -0.507 e. The van der Waals surface area contributed by atoms with Crippen molar-refractivity contribution in [3.05, 3.63) is 47.8 Å². The SMILES string of the molecule is OCc1ccc2c(N[C@H]3CCNC3)nc(-c3cc(F)ccc3O)nc2c1. The Balaban J connectivity index is 1.88. The summed E-state index contributed by atoms with van der Waals surface area (Å²) in [6.07, 6.45) is 0.973. The number of fused-ring (bicyclic) bond motifs is 1. The maximum absolute atomic E-state index is 13.7. The molecule has 1 aliphatic rings. The van der Waals surface area contributed by atoms with Gasteiger partial charge in [-0.05, 0) is 48.9 Å². The van der Waals surface area contributed by atoms with Gasteiger partial charge in [-0.2, -0.15) is 0 Å². The molecule has 3 aromatic rings. The van der Waals surface area contributed by atoms with Gasteiger partial charge < -0.3 is 20.8 Å². The average Bonchev–Trinajstić information content (AvgIpc) is 3.16. The number of benzene rings is 2. The van der Waals surface area contributed by atoms with Gasteiger partial charge in [0.25, 0.3) is 0 Å². The van der Waals surface area contributed by atoms with E-state index in [4.69, 9.17) is 0 Å². The monoisotopic (exact) mass is 354 g/mol. The smallest absolute Gasteiger partial charge is 0.165 e. The zero-order chi connectivity index (χ0) is 18.1. The summed E-state index contributed by atoms with van der Waals surface area (Å²) < 4.78 is 13.7. The van der Waals surface area contributed by atoms with Crippen LogP contribution in [0.25, 0.3) is 22.3 Å². The van der Waals surface area contributed by atoms with Crippen molar-refractivity contribution in [2.45, 2.75) is 19.1 Å². The Morgan fingerprint density at radius 1 is 1.19 bits per heavy atom. The minimum absolute atomic E-state index is 0.0856. The molecule has 0 bridgehead atoms. The number of hydrogen-bond acceptors (Lipinski definition) is 6. The van der Waals surface area contributed by atoms with Crippen LogP contribution in [0.4, 0.5) is 10.2 Å². The Bertz CT molecular complexity index is 958. The Labute approximate surface area is 149 Å². The van der Waals surface area contributed by atoms with Crippen LogP contribution in [0.1, 0.15) is 12.0 Å². The molecule has 4 rings (SSSR count). The van der Waals surface area contributed by atoms with Crippen LogP contribution < -0.4 is 10.6 Å². The van der Waals surface area contributed by atoms with Crippen molar-refractivity contribution in [1.82, 2.24) is 15.3 Å². The molecule has 4 N–H and O–H groups in total. The van der Waals surface area contributed by atoms with E-state index in [0.717, 1.165) is 30.5 Å². The molecule has 1 aromatic heterocycles. The summed E-state index contributed by atoms with van der Waals surface area (Å²) in [6, 6.07) is 9.38. The lowest BCUT2D eigenvalue weighted by Crippen LogP contribution is -2.23. The van der Waals surface area contributed by atoms with E-state index in [1.807, 2.05) is 12.1 Å². The fourth-order valence-electron chi connectivity index (χ4n) is 3.16. The molecular formula is C19H19FN4O2. The van der Waals surface area contributed by atoms with Crippen LogP contribution in [0.5, 0.6) is 5.75 Å². The van der Waals surface area contributed by atoms with Gasteiger partial charge in [0.15, 0.2) is 5.82 Å². The molecule has 2 aromatic carbocycles. The summed E-state index contributed by atoms with van der Waals surface area (Å²) in [6.45, 7) is 1.67. The maximum atomic E-state index is 13.7. The summed E-state index contributed by atoms with van der Waals surface area (Å²) in [5.41, 5.74) is 1.58. The molecule has 1 fully saturated rings. The number of phenols is 1. The molecule has 0 saturated carbocycles. The van der Waals surface area contributed by atoms with E-state index in [-0.39, 0.29) is 29.8 Å². The number of nitrogens with one attached hydrogen (secondary N) is 2. The topological polar surface area (TPSA) is 90.3 Å². The number of aromatic nitrogens is 2. The highest BCUT2D eigenvalue weighted by Gasteiger charge is 2.18. The minimum atomic E-state index is -0.472. The molecule has 1 aliphatic heterocycles. The average molecular weight is 354 g/mol. The Kier molecular flexibility index (Phi) is 4.40. The number of aliphatic hydroxyl groups excluding tert-OH is 1. The van der Waals surface area contributed by atoms with Crippen molar-refractivity contribution < 1.29 is 14.6 Å². The first-order valence-electron chi connectivity index (χ1n) is 8.52. The number of rotatable bonds is 4. The second-order valence-corrected chi connectivity index (χ2v) is 6.40. The predicted octanol–water partition coefficient (Wildman–Crippen LogP) is 2.41. The van der Waals surface area contributed by atoms with Gasteiger partial charge in [-0.15, -0.1) is 0 Å². The summed E-state index contributed by atoms with van der Waals surface area (Å²) in [5, 5.41) is 27.0. The summed E-state index contributed by atoms with van der Waals surface area (Å²) in [4.78, 5) is 9.04. The fourth-order valence-corrected chi connectivity index (χ4v) is 3.16. The van der Waals surface area contributed by atoms with Gasteiger partial charge in [0.2, 0.25) is 0 Å². The normalized spacial score (nSPS) is 16.9. The molecule has 26 heavy (non-hydrogen) atoms. The van der Waals surface area contributed by atoms with Crippen LogP contribution in [0.2, 0.25) is 0 Å². The van der Waals surface area contributed by atoms with Crippen molar-refractivity contribution in [3.8, 4) is 17.1 Å². The molecule has 7 heteroatoms. The van der Waals surface area contributed by atoms with Crippen molar-refractivity contribution in [2.24, 2.45) is 0 Å². The van der Waals surface area contributed by atoms with Crippen LogP contribution in [0.15, 0.2) is 36.4 Å². The fraction of sp³-hybridized carbons (Fsp3) is 0.263. The summed E-state index contributed by atoms with van der Waals surface area (Å²) in [7, 11) is 0. The number of aliphatic hydroxyl groups is 1. The third kappa shape index (κ3) is 3.18. The maximum Gasteiger partial charge on any atom is 0.165 e. The molecule has 134 valence electrons. The zero-order valence-corrected chi connectivity index (χ0v) is 14.0. The van der Waals surface area contributed by atoms with E-state index in [9.17, 15) is 14.6 Å². The lowest BCUT2D eigenvalue weighted by molar-refractivity contribution is 0.282. The summed E-state index contributed by atoms with van der Waals surface area (Å²) >= 11 is 0. The van der Waals surface area contributed by atoms with E-state index in [2.05, 4.69) is 20.6 Å². The van der Waals surface area contributed by atoms with Gasteiger partial charge in [0, 0.05) is 18.0 Å². The quantitative estimate of drug-likeness (QED) is 0.575. The highest BCUT2D eigenvalue weighted by molar-refractivity contribution is 5.91. The molecule has 0 aliphatic carbocycles. The van der Waals surface area contributed by atoms with Crippen LogP contribution in [0.3, 0.4) is 0 Å². The standard InChI is InChI=1S/C19H19FN4O2/c20-12-2-4-17(26)15(8-12)19-23-16-7-11(10-25)1-3-14(16)18(24-19)22-13-5-6-21-9-13/h1-4,7-8,13,21,25-26H,5-6,9-10H2,(H,22,23,24)/t13-/m0/s1. The Hall–Kier alpha value is -2.77. The molecule has 0 unspecified atom stereocenters. The molecule has 0 amide bonds. The summed E-state index contributed by atoms with van der Waals surface area (Å²) in [5.74, 6) is 0.308. The number of phenolic OH excluding ortho intramolecular Hbond substituents is 1. The first-order valence-corrected chi connectivity index (χ1v) is 8.52. The van der Waals surface area contributed by atoms with Gasteiger partial charge in [0.1, 0.15) is 17.4 Å². The molecule has 6 nitrogen and oxygen atoms in total. The molecule has 2 heterocycles.